The highest BCUT2D eigenvalue weighted by Gasteiger charge is 2.27. The van der Waals surface area contributed by atoms with Crippen molar-refractivity contribution in [2.75, 3.05) is 19.6 Å². The first-order valence-electron chi connectivity index (χ1n) is 6.67. The van der Waals surface area contributed by atoms with Crippen molar-refractivity contribution >= 4 is 11.8 Å². The Labute approximate surface area is 117 Å². The van der Waals surface area contributed by atoms with Gasteiger partial charge in [0.15, 0.2) is 0 Å². The number of primary amides is 1. The minimum atomic E-state index is -0.518. The molecule has 1 aromatic carbocycles. The average Bonchev–Trinajstić information content (AvgIpc) is 2.45. The second-order valence-electron chi connectivity index (χ2n) is 4.93. The standard InChI is InChI=1S/C14H19N3O3/c15-13(19)9-17(11-5-7-16-8-6-11)14(20)10-1-3-12(18)4-2-10/h1-4,11,16,18H,5-9H2,(H2,15,19). The number of nitrogens with one attached hydrogen (secondary N) is 1. The lowest BCUT2D eigenvalue weighted by Gasteiger charge is -2.34. The van der Waals surface area contributed by atoms with Crippen molar-refractivity contribution in [2.24, 2.45) is 5.73 Å². The van der Waals surface area contributed by atoms with E-state index in [1.807, 2.05) is 0 Å². The number of phenols is 1. The van der Waals surface area contributed by atoms with E-state index in [9.17, 15) is 14.7 Å². The Hall–Kier alpha value is -2.08. The molecule has 0 saturated carbocycles. The lowest BCUT2D eigenvalue weighted by molar-refractivity contribution is -0.119. The van der Waals surface area contributed by atoms with Crippen molar-refractivity contribution in [3.63, 3.8) is 0 Å². The van der Waals surface area contributed by atoms with Gasteiger partial charge in [-0.25, -0.2) is 0 Å². The van der Waals surface area contributed by atoms with Gasteiger partial charge in [-0.2, -0.15) is 0 Å². The van der Waals surface area contributed by atoms with Gasteiger partial charge < -0.3 is 21.1 Å². The topological polar surface area (TPSA) is 95.7 Å². The van der Waals surface area contributed by atoms with E-state index in [0.717, 1.165) is 25.9 Å². The van der Waals surface area contributed by atoms with Crippen LogP contribution in [0.2, 0.25) is 0 Å². The van der Waals surface area contributed by atoms with Gasteiger partial charge in [0, 0.05) is 11.6 Å². The second-order valence-corrected chi connectivity index (χ2v) is 4.93. The predicted molar refractivity (Wildman–Crippen MR) is 74.2 cm³/mol. The number of hydrogen-bond acceptors (Lipinski definition) is 4. The van der Waals surface area contributed by atoms with Crippen LogP contribution < -0.4 is 11.1 Å². The van der Waals surface area contributed by atoms with Crippen LogP contribution >= 0.6 is 0 Å². The van der Waals surface area contributed by atoms with Crippen LogP contribution in [0.1, 0.15) is 23.2 Å². The van der Waals surface area contributed by atoms with Gasteiger partial charge in [-0.05, 0) is 50.2 Å². The summed E-state index contributed by atoms with van der Waals surface area (Å²) in [4.78, 5) is 25.3. The third-order valence-corrected chi connectivity index (χ3v) is 3.45. The number of benzene rings is 1. The molecule has 0 bridgehead atoms. The average molecular weight is 277 g/mol. The molecular formula is C14H19N3O3. The molecule has 4 N–H and O–H groups in total. The first kappa shape index (κ1) is 14.3. The van der Waals surface area contributed by atoms with E-state index in [-0.39, 0.29) is 24.2 Å². The first-order valence-corrected chi connectivity index (χ1v) is 6.67. The van der Waals surface area contributed by atoms with Crippen molar-refractivity contribution in [3.8, 4) is 5.75 Å². The molecule has 0 atom stereocenters. The fourth-order valence-corrected chi connectivity index (χ4v) is 2.42. The van der Waals surface area contributed by atoms with Gasteiger partial charge in [-0.3, -0.25) is 9.59 Å². The SMILES string of the molecule is NC(=O)CN(C(=O)c1ccc(O)cc1)C1CCNCC1. The summed E-state index contributed by atoms with van der Waals surface area (Å²) < 4.78 is 0. The molecule has 0 aliphatic carbocycles. The van der Waals surface area contributed by atoms with E-state index in [2.05, 4.69) is 5.32 Å². The van der Waals surface area contributed by atoms with Gasteiger partial charge in [0.1, 0.15) is 5.75 Å². The quantitative estimate of drug-likeness (QED) is 0.726. The smallest absolute Gasteiger partial charge is 0.254 e. The summed E-state index contributed by atoms with van der Waals surface area (Å²) >= 11 is 0. The number of nitrogens with zero attached hydrogens (tertiary/aromatic N) is 1. The Morgan fingerprint density at radius 1 is 1.25 bits per heavy atom. The Morgan fingerprint density at radius 2 is 1.85 bits per heavy atom. The van der Waals surface area contributed by atoms with Crippen LogP contribution in [0.15, 0.2) is 24.3 Å². The van der Waals surface area contributed by atoms with E-state index in [4.69, 9.17) is 5.73 Å². The van der Waals surface area contributed by atoms with Gasteiger partial charge in [0.25, 0.3) is 5.91 Å². The minimum absolute atomic E-state index is 0.0186. The van der Waals surface area contributed by atoms with Crippen LogP contribution in [0.5, 0.6) is 5.75 Å². The molecule has 0 unspecified atom stereocenters. The van der Waals surface area contributed by atoms with Crippen LogP contribution in [0, 0.1) is 0 Å². The Bertz CT molecular complexity index is 481. The molecule has 2 amide bonds. The molecule has 0 spiro atoms. The van der Waals surface area contributed by atoms with Crippen LogP contribution in [0.25, 0.3) is 0 Å². The van der Waals surface area contributed by atoms with Crippen LogP contribution in [-0.2, 0) is 4.79 Å². The molecule has 6 heteroatoms. The molecule has 1 saturated heterocycles. The summed E-state index contributed by atoms with van der Waals surface area (Å²) in [6.45, 7) is 1.57. The number of carbonyl (C=O) groups is 2. The summed E-state index contributed by atoms with van der Waals surface area (Å²) in [5.41, 5.74) is 5.70. The van der Waals surface area contributed by atoms with E-state index in [1.165, 1.54) is 17.0 Å². The lowest BCUT2D eigenvalue weighted by atomic mass is 10.0. The molecule has 108 valence electrons. The van der Waals surface area contributed by atoms with Gasteiger partial charge in [0.2, 0.25) is 5.91 Å². The molecule has 1 fully saturated rings. The number of carbonyl (C=O) groups excluding carboxylic acids is 2. The first-order chi connectivity index (χ1) is 9.58. The maximum absolute atomic E-state index is 12.5. The van der Waals surface area contributed by atoms with Crippen molar-refractivity contribution in [1.82, 2.24) is 10.2 Å². The fourth-order valence-electron chi connectivity index (χ4n) is 2.42. The van der Waals surface area contributed by atoms with Gasteiger partial charge >= 0.3 is 0 Å². The zero-order valence-electron chi connectivity index (χ0n) is 11.2. The molecule has 1 aromatic rings. The summed E-state index contributed by atoms with van der Waals surface area (Å²) in [6.07, 6.45) is 1.61. The molecule has 1 heterocycles. The maximum atomic E-state index is 12.5. The third kappa shape index (κ3) is 3.48. The highest BCUT2D eigenvalue weighted by Crippen LogP contribution is 2.17. The lowest BCUT2D eigenvalue weighted by Crippen LogP contribution is -2.49. The number of piperidine rings is 1. The number of nitrogens with two attached hydrogens (primary N) is 1. The normalized spacial score (nSPS) is 15.8. The van der Waals surface area contributed by atoms with Gasteiger partial charge in [-0.15, -0.1) is 0 Å². The van der Waals surface area contributed by atoms with E-state index >= 15 is 0 Å². The van der Waals surface area contributed by atoms with Crippen molar-refractivity contribution in [3.05, 3.63) is 29.8 Å². The highest BCUT2D eigenvalue weighted by atomic mass is 16.3. The van der Waals surface area contributed by atoms with Crippen LogP contribution in [-0.4, -0.2) is 47.5 Å². The monoisotopic (exact) mass is 277 g/mol. The number of hydrogen-bond donors (Lipinski definition) is 3. The predicted octanol–water partition coefficient (Wildman–Crippen LogP) is 0.0717. The molecule has 1 aliphatic heterocycles. The molecule has 6 nitrogen and oxygen atoms in total. The van der Waals surface area contributed by atoms with E-state index < -0.39 is 5.91 Å². The fraction of sp³-hybridized carbons (Fsp3) is 0.429. The third-order valence-electron chi connectivity index (χ3n) is 3.45. The summed E-state index contributed by atoms with van der Waals surface area (Å²) in [7, 11) is 0. The maximum Gasteiger partial charge on any atom is 0.254 e. The molecule has 2 rings (SSSR count). The number of amides is 2. The van der Waals surface area contributed by atoms with Crippen molar-refractivity contribution in [2.45, 2.75) is 18.9 Å². The number of phenolic OH excluding ortho intramolecular Hbond substituents is 1. The Balaban J connectivity index is 2.18. The van der Waals surface area contributed by atoms with Gasteiger partial charge in [0.05, 0.1) is 6.54 Å². The zero-order valence-corrected chi connectivity index (χ0v) is 11.2. The molecule has 0 aromatic heterocycles. The van der Waals surface area contributed by atoms with E-state index in [1.54, 1.807) is 12.1 Å². The van der Waals surface area contributed by atoms with Crippen molar-refractivity contribution in [1.29, 1.82) is 0 Å². The number of aromatic hydroxyl groups is 1. The highest BCUT2D eigenvalue weighted by molar-refractivity contribution is 5.96. The summed E-state index contributed by atoms with van der Waals surface area (Å²) in [5, 5.41) is 12.5. The Kier molecular flexibility index (Phi) is 4.57. The largest absolute Gasteiger partial charge is 0.508 e. The molecule has 20 heavy (non-hydrogen) atoms. The van der Waals surface area contributed by atoms with Crippen LogP contribution in [0.4, 0.5) is 0 Å². The zero-order chi connectivity index (χ0) is 14.5. The van der Waals surface area contributed by atoms with Crippen LogP contribution in [0.3, 0.4) is 0 Å². The van der Waals surface area contributed by atoms with E-state index in [0.29, 0.717) is 5.56 Å². The van der Waals surface area contributed by atoms with Gasteiger partial charge in [-0.1, -0.05) is 0 Å². The Morgan fingerprint density at radius 3 is 2.40 bits per heavy atom. The summed E-state index contributed by atoms with van der Waals surface area (Å²) in [6, 6.07) is 6.03. The molecule has 0 radical (unpaired) electrons. The molecule has 1 aliphatic rings. The minimum Gasteiger partial charge on any atom is -0.508 e. The summed E-state index contributed by atoms with van der Waals surface area (Å²) in [5.74, 6) is -0.642. The molecular weight excluding hydrogens is 258 g/mol. The number of rotatable bonds is 4. The van der Waals surface area contributed by atoms with Crippen molar-refractivity contribution < 1.29 is 14.7 Å². The second kappa shape index (κ2) is 6.38.